The molecule has 0 bridgehead atoms. The van der Waals surface area contributed by atoms with Crippen LogP contribution in [-0.4, -0.2) is 34.6 Å². The fourth-order valence-corrected chi connectivity index (χ4v) is 4.24. The predicted molar refractivity (Wildman–Crippen MR) is 62.8 cm³/mol. The molecule has 1 atom stereocenters. The van der Waals surface area contributed by atoms with Crippen molar-refractivity contribution in [1.82, 2.24) is 4.98 Å². The molecule has 2 nitrogen and oxygen atoms in total. The van der Waals surface area contributed by atoms with E-state index in [1.54, 1.807) is 6.07 Å². The summed E-state index contributed by atoms with van der Waals surface area (Å²) >= 11 is -2.35. The Morgan fingerprint density at radius 2 is 1.71 bits per heavy atom. The molecule has 0 amide bonds. The molecular weight excluding hydrogens is 338 g/mol. The van der Waals surface area contributed by atoms with Crippen LogP contribution in [0.3, 0.4) is 0 Å². The minimum atomic E-state index is -4.69. The summed E-state index contributed by atoms with van der Waals surface area (Å²) in [6.07, 6.45) is -3.56. The van der Waals surface area contributed by atoms with Crippen LogP contribution in [0.1, 0.15) is 12.5 Å². The Labute approximate surface area is 103 Å². The first-order valence-corrected chi connectivity index (χ1v) is 15.2. The van der Waals surface area contributed by atoms with Crippen LogP contribution in [0.2, 0.25) is 14.8 Å². The molecule has 1 heterocycles. The molecular formula is C11H16F3NOSn. The zero-order valence-corrected chi connectivity index (χ0v) is 13.1. The van der Waals surface area contributed by atoms with E-state index >= 15 is 0 Å². The average Bonchev–Trinajstić information content (AvgIpc) is 2.15. The molecule has 0 fully saturated rings. The van der Waals surface area contributed by atoms with Gasteiger partial charge < -0.3 is 0 Å². The molecule has 1 unspecified atom stereocenters. The molecule has 1 rings (SSSR count). The van der Waals surface area contributed by atoms with Crippen LogP contribution in [0, 0.1) is 0 Å². The second-order valence-corrected chi connectivity index (χ2v) is 19.6. The van der Waals surface area contributed by atoms with Crippen molar-refractivity contribution >= 4 is 22.1 Å². The maximum absolute atomic E-state index is 12.6. The van der Waals surface area contributed by atoms with E-state index in [2.05, 4.69) is 19.8 Å². The maximum atomic E-state index is 12.6. The van der Waals surface area contributed by atoms with Gasteiger partial charge in [0.2, 0.25) is 0 Å². The third-order valence-electron chi connectivity index (χ3n) is 2.65. The second-order valence-electron chi connectivity index (χ2n) is 5.25. The molecule has 0 spiro atoms. The molecule has 6 heteroatoms. The fraction of sp³-hybridized carbons (Fsp3) is 0.545. The van der Waals surface area contributed by atoms with E-state index in [1.807, 2.05) is 0 Å². The van der Waals surface area contributed by atoms with Gasteiger partial charge in [-0.2, -0.15) is 0 Å². The van der Waals surface area contributed by atoms with E-state index in [0.717, 1.165) is 16.8 Å². The van der Waals surface area contributed by atoms with Gasteiger partial charge in [0, 0.05) is 0 Å². The molecule has 1 aromatic rings. The van der Waals surface area contributed by atoms with E-state index in [0.29, 0.717) is 0 Å². The zero-order chi connectivity index (χ0) is 13.5. The Hall–Kier alpha value is -0.301. The van der Waals surface area contributed by atoms with Crippen LogP contribution in [-0.2, 0) is 5.60 Å². The standard InChI is InChI=1S/C8H7F3NO.3CH3.Sn/c1-7(13,8(9,10)11)6-3-2-4-12-5-6;;;;/h2-3,5,13H,1H3;3*1H3;. The second kappa shape index (κ2) is 4.42. The summed E-state index contributed by atoms with van der Waals surface area (Å²) in [5.74, 6) is 0. The van der Waals surface area contributed by atoms with Gasteiger partial charge in [0.25, 0.3) is 0 Å². The number of halogens is 3. The van der Waals surface area contributed by atoms with Crippen molar-refractivity contribution in [3.8, 4) is 0 Å². The summed E-state index contributed by atoms with van der Waals surface area (Å²) in [4.78, 5) is 10.4. The number of alkyl halides is 3. The van der Waals surface area contributed by atoms with E-state index in [-0.39, 0.29) is 5.56 Å². The first-order valence-electron chi connectivity index (χ1n) is 5.22. The van der Waals surface area contributed by atoms with Crippen LogP contribution < -0.4 is 3.71 Å². The predicted octanol–water partition coefficient (Wildman–Crippen LogP) is 2.40. The van der Waals surface area contributed by atoms with Crippen LogP contribution in [0.15, 0.2) is 18.3 Å². The Morgan fingerprint density at radius 3 is 2.00 bits per heavy atom. The zero-order valence-electron chi connectivity index (χ0n) is 10.3. The summed E-state index contributed by atoms with van der Waals surface area (Å²) in [7, 11) is 0. The van der Waals surface area contributed by atoms with Gasteiger partial charge in [0.1, 0.15) is 0 Å². The van der Waals surface area contributed by atoms with Crippen LogP contribution in [0.4, 0.5) is 13.2 Å². The van der Waals surface area contributed by atoms with Crippen molar-refractivity contribution in [1.29, 1.82) is 0 Å². The van der Waals surface area contributed by atoms with Gasteiger partial charge in [0.15, 0.2) is 0 Å². The Kier molecular flexibility index (Phi) is 3.84. The van der Waals surface area contributed by atoms with Crippen LogP contribution >= 0.6 is 0 Å². The van der Waals surface area contributed by atoms with E-state index in [1.165, 1.54) is 6.07 Å². The summed E-state index contributed by atoms with van der Waals surface area (Å²) in [6.45, 7) is 0.740. The summed E-state index contributed by atoms with van der Waals surface area (Å²) < 4.78 is 38.7. The molecule has 0 saturated carbocycles. The minimum absolute atomic E-state index is 0.218. The van der Waals surface area contributed by atoms with Crippen LogP contribution in [0.5, 0.6) is 0 Å². The van der Waals surface area contributed by atoms with Crippen molar-refractivity contribution in [3.05, 3.63) is 23.9 Å². The summed E-state index contributed by atoms with van der Waals surface area (Å²) in [6, 6.07) is 2.92. The van der Waals surface area contributed by atoms with Gasteiger partial charge in [-0.1, -0.05) is 0 Å². The van der Waals surface area contributed by atoms with Gasteiger partial charge in [-0.3, -0.25) is 0 Å². The van der Waals surface area contributed by atoms with Crippen LogP contribution in [0.25, 0.3) is 0 Å². The van der Waals surface area contributed by atoms with Crippen molar-refractivity contribution in [2.75, 3.05) is 0 Å². The number of nitrogens with zero attached hydrogens (tertiary/aromatic N) is 1. The monoisotopic (exact) mass is 355 g/mol. The average molecular weight is 354 g/mol. The normalized spacial score (nSPS) is 16.7. The number of rotatable bonds is 2. The summed E-state index contributed by atoms with van der Waals surface area (Å²) in [5, 5.41) is 9.47. The van der Waals surface area contributed by atoms with Gasteiger partial charge >= 0.3 is 103 Å². The van der Waals surface area contributed by atoms with E-state index < -0.39 is 30.2 Å². The Morgan fingerprint density at radius 1 is 1.18 bits per heavy atom. The SMILES string of the molecule is CC(O)(c1cc[c]([Sn]([CH3])([CH3])[CH3])nc1)C(F)(F)F. The Balaban J connectivity index is 3.12. The fourth-order valence-electron chi connectivity index (χ4n) is 1.29. The van der Waals surface area contributed by atoms with E-state index in [9.17, 15) is 18.3 Å². The van der Waals surface area contributed by atoms with Crippen molar-refractivity contribution in [2.45, 2.75) is 33.5 Å². The molecule has 1 aromatic heterocycles. The quantitative estimate of drug-likeness (QED) is 0.828. The van der Waals surface area contributed by atoms with Gasteiger partial charge in [0.05, 0.1) is 0 Å². The molecule has 0 radical (unpaired) electrons. The number of aromatic nitrogens is 1. The summed E-state index contributed by atoms with van der Waals surface area (Å²) in [5.41, 5.74) is -3.06. The van der Waals surface area contributed by atoms with E-state index in [4.69, 9.17) is 0 Å². The molecule has 0 aliphatic carbocycles. The molecule has 0 saturated heterocycles. The molecule has 0 aromatic carbocycles. The van der Waals surface area contributed by atoms with Gasteiger partial charge in [-0.15, -0.1) is 0 Å². The number of hydrogen-bond donors (Lipinski definition) is 1. The first kappa shape index (κ1) is 14.8. The number of aliphatic hydroxyl groups is 1. The molecule has 96 valence electrons. The third kappa shape index (κ3) is 3.13. The third-order valence-corrected chi connectivity index (χ3v) is 7.88. The first-order chi connectivity index (χ1) is 7.46. The number of hydrogen-bond acceptors (Lipinski definition) is 2. The molecule has 1 N–H and O–H groups in total. The van der Waals surface area contributed by atoms with Gasteiger partial charge in [-0.05, 0) is 0 Å². The topological polar surface area (TPSA) is 33.1 Å². The van der Waals surface area contributed by atoms with Crippen molar-refractivity contribution in [2.24, 2.45) is 0 Å². The van der Waals surface area contributed by atoms with Gasteiger partial charge in [-0.25, -0.2) is 0 Å². The molecule has 0 aliphatic rings. The Bertz CT molecular complexity index is 393. The van der Waals surface area contributed by atoms with Crippen molar-refractivity contribution in [3.63, 3.8) is 0 Å². The molecule has 0 aliphatic heterocycles. The number of pyridine rings is 1. The molecule has 17 heavy (non-hydrogen) atoms. The van der Waals surface area contributed by atoms with Crippen molar-refractivity contribution < 1.29 is 18.3 Å².